The fraction of sp³-hybridized carbons (Fsp3) is 0.194. The molecule has 0 bridgehead atoms. The van der Waals surface area contributed by atoms with Gasteiger partial charge in [-0.25, -0.2) is 4.79 Å². The third-order valence-corrected chi connectivity index (χ3v) is 12.3. The molecule has 37 heavy (non-hydrogen) atoms. The Bertz CT molecular complexity index is 1330. The molecule has 0 radical (unpaired) electrons. The average Bonchev–Trinajstić information content (AvgIpc) is 2.88. The summed E-state index contributed by atoms with van der Waals surface area (Å²) < 4.78 is 8.65. The summed E-state index contributed by atoms with van der Waals surface area (Å²) in [5.74, 6) is 1.21. The Morgan fingerprint density at radius 2 is 1.03 bits per heavy atom. The summed E-state index contributed by atoms with van der Waals surface area (Å²) in [6, 6.07) is 29.9. The molecule has 0 N–H and O–H groups in total. The molecule has 0 atom stereocenters. The smallest absolute Gasteiger partial charge is 0.345 e. The van der Waals surface area contributed by atoms with Crippen molar-refractivity contribution in [1.82, 2.24) is 0 Å². The highest BCUT2D eigenvalue weighted by molar-refractivity contribution is 14.1. The first-order valence-electron chi connectivity index (χ1n) is 12.1. The van der Waals surface area contributed by atoms with Crippen molar-refractivity contribution >= 4 is 84.6 Å². The van der Waals surface area contributed by atoms with Crippen LogP contribution in [0.15, 0.2) is 99.6 Å². The summed E-state index contributed by atoms with van der Waals surface area (Å²) in [6.45, 7) is 8.88. The van der Waals surface area contributed by atoms with E-state index < -0.39 is 0 Å². The Balaban J connectivity index is 1.66. The molecule has 0 unspecified atom stereocenters. The summed E-state index contributed by atoms with van der Waals surface area (Å²) in [4.78, 5) is 16.7. The lowest BCUT2D eigenvalue weighted by atomic mass is 10.0. The predicted molar refractivity (Wildman–Crippen MR) is 179 cm³/mol. The van der Waals surface area contributed by atoms with Crippen LogP contribution in [0.5, 0.6) is 5.75 Å². The van der Waals surface area contributed by atoms with Gasteiger partial charge in [-0.3, -0.25) is 0 Å². The number of hydrogen-bond donors (Lipinski definition) is 0. The SMILES string of the molecule is CC(C)c1ccc([S+](c2ccc(OC(=O)c3c(I)ccc(I)c3I)cc2)c2ccc(C(C)C)cc2)cc1. The second-order valence-corrected chi connectivity index (χ2v) is 14.8. The second kappa shape index (κ2) is 12.8. The van der Waals surface area contributed by atoms with Gasteiger partial charge in [0.1, 0.15) is 5.75 Å². The lowest BCUT2D eigenvalue weighted by molar-refractivity contribution is 0.0732. The van der Waals surface area contributed by atoms with E-state index in [1.165, 1.54) is 25.8 Å². The summed E-state index contributed by atoms with van der Waals surface area (Å²) in [5, 5.41) is 0. The molecule has 4 aromatic carbocycles. The number of ether oxygens (including phenoxy) is 1. The standard InChI is InChI=1S/C31H28I3O2S/c1-19(2)21-5-11-24(12-6-21)37(25-13-7-22(8-14-25)20(3)4)26-15-9-23(10-16-26)36-31(35)29-27(32)17-18-28(33)30(29)34/h5-20H,1-4H3/q+1. The minimum absolute atomic E-state index is 0.269. The molecule has 4 aromatic rings. The quantitative estimate of drug-likeness (QED) is 0.0609. The minimum Gasteiger partial charge on any atom is -0.423 e. The zero-order valence-electron chi connectivity index (χ0n) is 21.1. The van der Waals surface area contributed by atoms with Crippen molar-refractivity contribution in [3.8, 4) is 5.75 Å². The van der Waals surface area contributed by atoms with Crippen molar-refractivity contribution in [2.24, 2.45) is 0 Å². The van der Waals surface area contributed by atoms with E-state index in [1.807, 2.05) is 24.3 Å². The zero-order valence-corrected chi connectivity index (χ0v) is 28.4. The van der Waals surface area contributed by atoms with Gasteiger partial charge in [-0.1, -0.05) is 52.0 Å². The molecular weight excluding hydrogens is 817 g/mol. The third kappa shape index (κ3) is 6.91. The minimum atomic E-state index is -0.326. The number of hydrogen-bond acceptors (Lipinski definition) is 2. The molecule has 0 fully saturated rings. The Morgan fingerprint density at radius 3 is 1.46 bits per heavy atom. The Kier molecular flexibility index (Phi) is 10.0. The van der Waals surface area contributed by atoms with Crippen LogP contribution in [0.25, 0.3) is 0 Å². The zero-order chi connectivity index (χ0) is 26.7. The van der Waals surface area contributed by atoms with E-state index >= 15 is 0 Å². The Labute approximate surface area is 263 Å². The van der Waals surface area contributed by atoms with Crippen molar-refractivity contribution in [2.45, 2.75) is 54.2 Å². The van der Waals surface area contributed by atoms with Crippen molar-refractivity contribution in [3.05, 3.63) is 112 Å². The maximum atomic E-state index is 13.0. The monoisotopic (exact) mass is 845 g/mol. The van der Waals surface area contributed by atoms with Gasteiger partial charge in [0.25, 0.3) is 0 Å². The van der Waals surface area contributed by atoms with Crippen LogP contribution >= 0.6 is 67.8 Å². The molecule has 0 aliphatic rings. The first kappa shape index (κ1) is 28.9. The second-order valence-electron chi connectivity index (χ2n) is 9.33. The van der Waals surface area contributed by atoms with E-state index in [2.05, 4.69) is 156 Å². The average molecular weight is 845 g/mol. The van der Waals surface area contributed by atoms with Crippen LogP contribution in [-0.4, -0.2) is 5.97 Å². The first-order valence-corrected chi connectivity index (χ1v) is 16.5. The number of benzene rings is 4. The molecular formula is C31H28I3O2S+. The molecule has 0 aliphatic heterocycles. The molecule has 6 heteroatoms. The molecule has 0 heterocycles. The predicted octanol–water partition coefficient (Wildman–Crippen LogP) is 10.1. The largest absolute Gasteiger partial charge is 0.423 e. The molecule has 190 valence electrons. The summed E-state index contributed by atoms with van der Waals surface area (Å²) in [5.41, 5.74) is 3.29. The van der Waals surface area contributed by atoms with E-state index in [1.54, 1.807) is 0 Å². The van der Waals surface area contributed by atoms with E-state index in [0.29, 0.717) is 23.1 Å². The van der Waals surface area contributed by atoms with Gasteiger partial charge in [-0.2, -0.15) is 0 Å². The fourth-order valence-corrected chi connectivity index (χ4v) is 8.27. The maximum absolute atomic E-state index is 13.0. The van der Waals surface area contributed by atoms with E-state index in [-0.39, 0.29) is 16.9 Å². The van der Waals surface area contributed by atoms with Gasteiger partial charge in [-0.05, 0) is 151 Å². The van der Waals surface area contributed by atoms with Crippen molar-refractivity contribution < 1.29 is 9.53 Å². The summed E-state index contributed by atoms with van der Waals surface area (Å²) in [6.07, 6.45) is 0. The van der Waals surface area contributed by atoms with Crippen LogP contribution in [0.1, 0.15) is 61.0 Å². The fourth-order valence-electron chi connectivity index (χ4n) is 3.90. The molecule has 0 saturated carbocycles. The third-order valence-electron chi connectivity index (χ3n) is 6.08. The molecule has 0 spiro atoms. The molecule has 0 aliphatic carbocycles. The highest BCUT2D eigenvalue weighted by Gasteiger charge is 2.29. The molecule has 0 amide bonds. The van der Waals surface area contributed by atoms with E-state index in [4.69, 9.17) is 4.74 Å². The lowest BCUT2D eigenvalue weighted by Gasteiger charge is -2.12. The number of esters is 1. The summed E-state index contributed by atoms with van der Waals surface area (Å²) in [7, 11) is -0.269. The van der Waals surface area contributed by atoms with Crippen LogP contribution < -0.4 is 4.74 Å². The Morgan fingerprint density at radius 1 is 0.622 bits per heavy atom. The van der Waals surface area contributed by atoms with Gasteiger partial charge < -0.3 is 4.74 Å². The topological polar surface area (TPSA) is 26.3 Å². The number of halogens is 3. The molecule has 0 aromatic heterocycles. The summed E-state index contributed by atoms with van der Waals surface area (Å²) >= 11 is 6.65. The van der Waals surface area contributed by atoms with Crippen LogP contribution in [0.4, 0.5) is 0 Å². The van der Waals surface area contributed by atoms with Crippen LogP contribution in [-0.2, 0) is 10.9 Å². The number of rotatable bonds is 7. The van der Waals surface area contributed by atoms with E-state index in [9.17, 15) is 4.79 Å². The number of carbonyl (C=O) groups is 1. The Hall–Kier alpha value is -1.11. The van der Waals surface area contributed by atoms with Gasteiger partial charge >= 0.3 is 5.97 Å². The maximum Gasteiger partial charge on any atom is 0.345 e. The lowest BCUT2D eigenvalue weighted by Crippen LogP contribution is -2.13. The van der Waals surface area contributed by atoms with Crippen LogP contribution in [0, 0.1) is 10.7 Å². The van der Waals surface area contributed by atoms with Crippen LogP contribution in [0.3, 0.4) is 0 Å². The number of carbonyl (C=O) groups excluding carboxylic acids is 1. The van der Waals surface area contributed by atoms with Gasteiger partial charge in [0.2, 0.25) is 0 Å². The molecule has 2 nitrogen and oxygen atoms in total. The highest BCUT2D eigenvalue weighted by atomic mass is 127. The van der Waals surface area contributed by atoms with Crippen LogP contribution in [0.2, 0.25) is 0 Å². The normalized spacial score (nSPS) is 11.4. The van der Waals surface area contributed by atoms with Gasteiger partial charge in [0.15, 0.2) is 14.7 Å². The van der Waals surface area contributed by atoms with Gasteiger partial charge in [0.05, 0.1) is 16.5 Å². The van der Waals surface area contributed by atoms with Crippen molar-refractivity contribution in [1.29, 1.82) is 0 Å². The highest BCUT2D eigenvalue weighted by Crippen LogP contribution is 2.34. The molecule has 4 rings (SSSR count). The first-order chi connectivity index (χ1) is 17.7. The molecule has 0 saturated heterocycles. The van der Waals surface area contributed by atoms with Gasteiger partial charge in [-0.15, -0.1) is 0 Å². The van der Waals surface area contributed by atoms with E-state index in [0.717, 1.165) is 10.7 Å². The van der Waals surface area contributed by atoms with Gasteiger partial charge in [0, 0.05) is 10.7 Å². The van der Waals surface area contributed by atoms with Crippen molar-refractivity contribution in [3.63, 3.8) is 0 Å². The van der Waals surface area contributed by atoms with Crippen molar-refractivity contribution in [2.75, 3.05) is 0 Å².